The molecule has 0 bridgehead atoms. The molecule has 106 valence electrons. The van der Waals surface area contributed by atoms with Crippen LogP contribution < -0.4 is 5.73 Å². The van der Waals surface area contributed by atoms with Gasteiger partial charge in [0.15, 0.2) is 0 Å². The molecule has 1 aromatic carbocycles. The third kappa shape index (κ3) is 2.99. The fourth-order valence-electron chi connectivity index (χ4n) is 3.26. The van der Waals surface area contributed by atoms with Gasteiger partial charge in [-0.2, -0.15) is 0 Å². The van der Waals surface area contributed by atoms with Crippen LogP contribution in [0.2, 0.25) is 0 Å². The molecule has 1 aliphatic rings. The summed E-state index contributed by atoms with van der Waals surface area (Å²) in [5.41, 5.74) is 7.91. The van der Waals surface area contributed by atoms with E-state index in [2.05, 4.69) is 0 Å². The molecule has 3 nitrogen and oxygen atoms in total. The monoisotopic (exact) mass is 263 g/mol. The van der Waals surface area contributed by atoms with Gasteiger partial charge in [-0.05, 0) is 24.0 Å². The van der Waals surface area contributed by atoms with Crippen LogP contribution in [0.4, 0.5) is 0 Å². The Morgan fingerprint density at radius 1 is 1.26 bits per heavy atom. The Kier molecular flexibility index (Phi) is 4.97. The quantitative estimate of drug-likeness (QED) is 0.859. The highest BCUT2D eigenvalue weighted by Crippen LogP contribution is 2.45. The Labute approximate surface area is 115 Å². The molecule has 1 saturated carbocycles. The van der Waals surface area contributed by atoms with Gasteiger partial charge >= 0.3 is 0 Å². The van der Waals surface area contributed by atoms with Crippen LogP contribution in [-0.4, -0.2) is 18.8 Å². The summed E-state index contributed by atoms with van der Waals surface area (Å²) >= 11 is 0. The molecule has 1 aromatic rings. The number of hydrogen-bond acceptors (Lipinski definition) is 3. The van der Waals surface area contributed by atoms with Crippen molar-refractivity contribution in [2.24, 2.45) is 11.1 Å². The van der Waals surface area contributed by atoms with Crippen molar-refractivity contribution in [3.63, 3.8) is 0 Å². The van der Waals surface area contributed by atoms with Crippen molar-refractivity contribution in [3.05, 3.63) is 35.4 Å². The predicted octanol–water partition coefficient (Wildman–Crippen LogP) is 2.78. The summed E-state index contributed by atoms with van der Waals surface area (Å²) in [4.78, 5) is 0. The maximum atomic E-state index is 10.9. The summed E-state index contributed by atoms with van der Waals surface area (Å²) in [5, 5.41) is 10.9. The molecule has 19 heavy (non-hydrogen) atoms. The molecule has 0 spiro atoms. The minimum Gasteiger partial charge on any atom is -0.388 e. The topological polar surface area (TPSA) is 55.5 Å². The predicted molar refractivity (Wildman–Crippen MR) is 76.7 cm³/mol. The first-order valence-electron chi connectivity index (χ1n) is 7.18. The highest BCUT2D eigenvalue weighted by Gasteiger charge is 2.39. The van der Waals surface area contributed by atoms with Gasteiger partial charge in [0.25, 0.3) is 0 Å². The Hall–Kier alpha value is -0.900. The average molecular weight is 263 g/mol. The van der Waals surface area contributed by atoms with Gasteiger partial charge in [0, 0.05) is 19.1 Å². The number of aliphatic hydroxyl groups excluding tert-OH is 1. The largest absolute Gasteiger partial charge is 0.388 e. The molecule has 1 fully saturated rings. The van der Waals surface area contributed by atoms with Crippen molar-refractivity contribution in [1.82, 2.24) is 0 Å². The molecule has 3 N–H and O–H groups in total. The van der Waals surface area contributed by atoms with Gasteiger partial charge in [0.05, 0.1) is 12.7 Å². The van der Waals surface area contributed by atoms with Gasteiger partial charge < -0.3 is 15.6 Å². The maximum absolute atomic E-state index is 10.9. The van der Waals surface area contributed by atoms with Gasteiger partial charge in [-0.25, -0.2) is 0 Å². The molecule has 1 unspecified atom stereocenters. The third-order valence-corrected chi connectivity index (χ3v) is 4.49. The number of nitrogens with two attached hydrogens (primary N) is 1. The second-order valence-electron chi connectivity index (χ2n) is 5.66. The van der Waals surface area contributed by atoms with Gasteiger partial charge in [-0.15, -0.1) is 0 Å². The Morgan fingerprint density at radius 3 is 2.58 bits per heavy atom. The molecule has 0 saturated heterocycles. The molecule has 1 aliphatic carbocycles. The van der Waals surface area contributed by atoms with Gasteiger partial charge in [-0.3, -0.25) is 0 Å². The average Bonchev–Trinajstić information content (AvgIpc) is 2.48. The first-order chi connectivity index (χ1) is 9.23. The number of rotatable bonds is 5. The normalized spacial score (nSPS) is 20.2. The third-order valence-electron chi connectivity index (χ3n) is 4.49. The second kappa shape index (κ2) is 6.51. The summed E-state index contributed by atoms with van der Waals surface area (Å²) in [6, 6.07) is 7.99. The fraction of sp³-hybridized carbons (Fsp3) is 0.625. The van der Waals surface area contributed by atoms with Gasteiger partial charge in [0.1, 0.15) is 0 Å². The van der Waals surface area contributed by atoms with Crippen molar-refractivity contribution in [2.75, 3.05) is 13.7 Å². The van der Waals surface area contributed by atoms with E-state index in [0.29, 0.717) is 13.2 Å². The van der Waals surface area contributed by atoms with Crippen LogP contribution in [0.25, 0.3) is 0 Å². The number of aliphatic hydroxyl groups is 1. The van der Waals surface area contributed by atoms with E-state index >= 15 is 0 Å². The van der Waals surface area contributed by atoms with Crippen LogP contribution in [0.1, 0.15) is 49.3 Å². The molecule has 1 atom stereocenters. The zero-order chi connectivity index (χ0) is 13.7. The summed E-state index contributed by atoms with van der Waals surface area (Å²) < 4.78 is 5.23. The van der Waals surface area contributed by atoms with E-state index in [1.807, 2.05) is 24.3 Å². The Morgan fingerprint density at radius 2 is 1.95 bits per heavy atom. The van der Waals surface area contributed by atoms with Crippen LogP contribution in [0, 0.1) is 5.41 Å². The Balaban J connectivity index is 2.28. The first-order valence-corrected chi connectivity index (χ1v) is 7.18. The Bertz CT molecular complexity index is 399. The number of hydrogen-bond donors (Lipinski definition) is 2. The molecular formula is C16H25NO2. The molecular weight excluding hydrogens is 238 g/mol. The molecule has 3 heteroatoms. The number of benzene rings is 1. The zero-order valence-corrected chi connectivity index (χ0v) is 11.8. The molecule has 0 radical (unpaired) electrons. The van der Waals surface area contributed by atoms with E-state index in [9.17, 15) is 5.11 Å². The van der Waals surface area contributed by atoms with Crippen LogP contribution in [0.3, 0.4) is 0 Å². The van der Waals surface area contributed by atoms with E-state index in [0.717, 1.165) is 24.0 Å². The molecule has 0 heterocycles. The van der Waals surface area contributed by atoms with Crippen LogP contribution in [-0.2, 0) is 11.3 Å². The van der Waals surface area contributed by atoms with Gasteiger partial charge in [0.2, 0.25) is 0 Å². The highest BCUT2D eigenvalue weighted by molar-refractivity contribution is 5.30. The van der Waals surface area contributed by atoms with Crippen LogP contribution in [0.5, 0.6) is 0 Å². The van der Waals surface area contributed by atoms with Crippen LogP contribution >= 0.6 is 0 Å². The zero-order valence-electron chi connectivity index (χ0n) is 11.8. The van der Waals surface area contributed by atoms with Crippen LogP contribution in [0.15, 0.2) is 24.3 Å². The summed E-state index contributed by atoms with van der Waals surface area (Å²) in [5.74, 6) is 0. The molecule has 2 rings (SSSR count). The van der Waals surface area contributed by atoms with E-state index in [1.54, 1.807) is 7.11 Å². The minimum absolute atomic E-state index is 0.151. The lowest BCUT2D eigenvalue weighted by molar-refractivity contribution is -0.000792. The first kappa shape index (κ1) is 14.5. The van der Waals surface area contributed by atoms with E-state index in [4.69, 9.17) is 10.5 Å². The smallest absolute Gasteiger partial charge is 0.0861 e. The number of ether oxygens (including phenoxy) is 1. The molecule has 0 aromatic heterocycles. The van der Waals surface area contributed by atoms with Crippen molar-refractivity contribution in [2.45, 2.75) is 44.8 Å². The standard InChI is InChI=1S/C16H25NO2/c1-19-11-13-7-3-4-8-14(13)15(18)16(12-17)9-5-2-6-10-16/h3-4,7-8,15,18H,2,5-6,9-12,17H2,1H3. The van der Waals surface area contributed by atoms with E-state index in [1.165, 1.54) is 19.3 Å². The van der Waals surface area contributed by atoms with E-state index in [-0.39, 0.29) is 5.41 Å². The number of methoxy groups -OCH3 is 1. The summed E-state index contributed by atoms with van der Waals surface area (Å²) in [7, 11) is 1.68. The van der Waals surface area contributed by atoms with Crippen molar-refractivity contribution < 1.29 is 9.84 Å². The van der Waals surface area contributed by atoms with Crippen molar-refractivity contribution in [1.29, 1.82) is 0 Å². The molecule has 0 amide bonds. The summed E-state index contributed by atoms with van der Waals surface area (Å²) in [6.07, 6.45) is 5.15. The summed E-state index contributed by atoms with van der Waals surface area (Å²) in [6.45, 7) is 1.09. The SMILES string of the molecule is COCc1ccccc1C(O)C1(CN)CCCCC1. The molecule has 0 aliphatic heterocycles. The minimum atomic E-state index is -0.482. The lowest BCUT2D eigenvalue weighted by Gasteiger charge is -2.41. The maximum Gasteiger partial charge on any atom is 0.0861 e. The van der Waals surface area contributed by atoms with Crippen molar-refractivity contribution >= 4 is 0 Å². The lowest BCUT2D eigenvalue weighted by Crippen LogP contribution is -2.39. The van der Waals surface area contributed by atoms with Crippen molar-refractivity contribution in [3.8, 4) is 0 Å². The van der Waals surface area contributed by atoms with Gasteiger partial charge in [-0.1, -0.05) is 43.5 Å². The van der Waals surface area contributed by atoms with E-state index < -0.39 is 6.10 Å². The fourth-order valence-corrected chi connectivity index (χ4v) is 3.26. The lowest BCUT2D eigenvalue weighted by atomic mass is 9.68. The highest BCUT2D eigenvalue weighted by atomic mass is 16.5. The second-order valence-corrected chi connectivity index (χ2v) is 5.66.